The molecule has 0 radical (unpaired) electrons. The van der Waals surface area contributed by atoms with Crippen molar-refractivity contribution in [2.24, 2.45) is 0 Å². The summed E-state index contributed by atoms with van der Waals surface area (Å²) in [5.74, 6) is 0. The predicted octanol–water partition coefficient (Wildman–Crippen LogP) is 13.5. The Morgan fingerprint density at radius 2 is 0.959 bits per heavy atom. The lowest BCUT2D eigenvalue weighted by molar-refractivity contribution is -0.0437. The Kier molecular flexibility index (Phi) is 20.1. The largest absolute Gasteiger partial charge is 0.394 e. The highest BCUT2D eigenvalue weighted by atomic mass is 16.5. The summed E-state index contributed by atoms with van der Waals surface area (Å²) in [4.78, 5) is 0. The van der Waals surface area contributed by atoms with Crippen molar-refractivity contribution < 1.29 is 14.6 Å². The Bertz CT molecular complexity index is 1360. The predicted molar refractivity (Wildman–Crippen MR) is 213 cm³/mol. The molecule has 4 aromatic rings. The Hall–Kier alpha value is -2.20. The first kappa shape index (κ1) is 39.6. The summed E-state index contributed by atoms with van der Waals surface area (Å²) < 4.78 is 11.8. The second-order valence-electron chi connectivity index (χ2n) is 14.9. The number of ether oxygens (including phenoxy) is 2. The van der Waals surface area contributed by atoms with E-state index < -0.39 is 0 Å². The smallest absolute Gasteiger partial charge is 0.104 e. The van der Waals surface area contributed by atoms with Gasteiger partial charge in [0.25, 0.3) is 0 Å². The van der Waals surface area contributed by atoms with Crippen molar-refractivity contribution in [3.8, 4) is 0 Å². The van der Waals surface area contributed by atoms with Crippen LogP contribution in [0.4, 0.5) is 0 Å². The van der Waals surface area contributed by atoms with Crippen LogP contribution in [-0.4, -0.2) is 37.6 Å². The second kappa shape index (κ2) is 24.9. The number of aryl methyl sites for hydroxylation is 1. The number of rotatable bonds is 31. The third kappa shape index (κ3) is 14.5. The lowest BCUT2D eigenvalue weighted by Gasteiger charge is -2.15. The van der Waals surface area contributed by atoms with Crippen molar-refractivity contribution in [2.45, 2.75) is 167 Å². The van der Waals surface area contributed by atoms with Gasteiger partial charge in [0.15, 0.2) is 0 Å². The summed E-state index contributed by atoms with van der Waals surface area (Å²) in [6.07, 6.45) is 31.8. The molecule has 1 atom stereocenters. The molecule has 0 bridgehead atoms. The molecule has 0 aliphatic rings. The molecule has 272 valence electrons. The third-order valence-electron chi connectivity index (χ3n) is 10.7. The molecular weight excluding hydrogens is 601 g/mol. The molecule has 49 heavy (non-hydrogen) atoms. The molecule has 0 spiro atoms. The van der Waals surface area contributed by atoms with Gasteiger partial charge in [-0.2, -0.15) is 0 Å². The van der Waals surface area contributed by atoms with Gasteiger partial charge in [-0.15, -0.1) is 0 Å². The summed E-state index contributed by atoms with van der Waals surface area (Å²) in [7, 11) is 0. The van der Waals surface area contributed by atoms with Crippen molar-refractivity contribution in [3.05, 3.63) is 60.2 Å². The standard InChI is InChI=1S/C46H70O3/c1-2-3-4-5-6-7-8-9-10-11-12-13-14-17-20-23-35-48-38-43(37-47)49-36-24-21-18-15-16-19-22-26-39-29-30-42-32-31-40-27-25-28-41-33-34-44(39)46(42)45(40)41/h25,27-34,43,47H,2-24,26,35-38H2,1H3. The molecule has 4 aromatic carbocycles. The minimum absolute atomic E-state index is 0.0467. The molecule has 0 aliphatic carbocycles. The lowest BCUT2D eigenvalue weighted by atomic mass is 9.90. The molecule has 0 fully saturated rings. The molecule has 0 heterocycles. The summed E-state index contributed by atoms with van der Waals surface area (Å²) in [6, 6.07) is 20.5. The maximum atomic E-state index is 9.70. The highest BCUT2D eigenvalue weighted by molar-refractivity contribution is 6.23. The molecule has 3 nitrogen and oxygen atoms in total. The maximum Gasteiger partial charge on any atom is 0.104 e. The normalized spacial score (nSPS) is 12.6. The SMILES string of the molecule is CCCCCCCCCCCCCCCCCCOCC(CO)OCCCCCCCCCc1ccc2ccc3cccc4ccc1c2c34. The topological polar surface area (TPSA) is 38.7 Å². The van der Waals surface area contributed by atoms with Crippen molar-refractivity contribution in [1.29, 1.82) is 0 Å². The van der Waals surface area contributed by atoms with Gasteiger partial charge in [-0.3, -0.25) is 0 Å². The highest BCUT2D eigenvalue weighted by Crippen LogP contribution is 2.36. The van der Waals surface area contributed by atoms with Crippen molar-refractivity contribution in [3.63, 3.8) is 0 Å². The van der Waals surface area contributed by atoms with Crippen LogP contribution < -0.4 is 0 Å². The monoisotopic (exact) mass is 671 g/mol. The number of benzene rings is 4. The van der Waals surface area contributed by atoms with Crippen LogP contribution in [0, 0.1) is 0 Å². The quantitative estimate of drug-likeness (QED) is 0.0428. The molecule has 0 amide bonds. The van der Waals surface area contributed by atoms with Crippen molar-refractivity contribution in [2.75, 3.05) is 26.4 Å². The summed E-state index contributed by atoms with van der Waals surface area (Å²) in [5.41, 5.74) is 1.50. The second-order valence-corrected chi connectivity index (χ2v) is 14.9. The van der Waals surface area contributed by atoms with Gasteiger partial charge in [-0.05, 0) is 63.6 Å². The first-order valence-corrected chi connectivity index (χ1v) is 20.8. The average molecular weight is 671 g/mol. The van der Waals surface area contributed by atoms with E-state index in [2.05, 4.69) is 61.5 Å². The highest BCUT2D eigenvalue weighted by Gasteiger charge is 2.11. The molecule has 1 N–H and O–H groups in total. The molecular formula is C46H70O3. The van der Waals surface area contributed by atoms with E-state index in [0.717, 1.165) is 32.5 Å². The van der Waals surface area contributed by atoms with Crippen molar-refractivity contribution >= 4 is 32.3 Å². The Morgan fingerprint density at radius 3 is 1.53 bits per heavy atom. The molecule has 1 unspecified atom stereocenters. The van der Waals surface area contributed by atoms with E-state index in [1.165, 1.54) is 173 Å². The van der Waals surface area contributed by atoms with Crippen LogP contribution in [0.5, 0.6) is 0 Å². The minimum Gasteiger partial charge on any atom is -0.394 e. The van der Waals surface area contributed by atoms with Crippen LogP contribution in [0.2, 0.25) is 0 Å². The summed E-state index contributed by atoms with van der Waals surface area (Å²) in [5, 5.41) is 18.1. The van der Waals surface area contributed by atoms with Gasteiger partial charge in [-0.1, -0.05) is 190 Å². The molecule has 3 heteroatoms. The molecule has 0 saturated heterocycles. The Balaban J connectivity index is 0.910. The molecule has 0 aromatic heterocycles. The van der Waals surface area contributed by atoms with E-state index in [-0.39, 0.29) is 12.7 Å². The van der Waals surface area contributed by atoms with Gasteiger partial charge in [0, 0.05) is 13.2 Å². The Labute approximate surface area is 299 Å². The number of unbranched alkanes of at least 4 members (excludes halogenated alkanes) is 21. The maximum absolute atomic E-state index is 9.70. The lowest BCUT2D eigenvalue weighted by Crippen LogP contribution is -2.24. The molecule has 0 aliphatic heterocycles. The van der Waals surface area contributed by atoms with Crippen LogP contribution >= 0.6 is 0 Å². The van der Waals surface area contributed by atoms with E-state index in [1.807, 2.05) is 0 Å². The van der Waals surface area contributed by atoms with E-state index in [9.17, 15) is 5.11 Å². The fourth-order valence-electron chi connectivity index (χ4n) is 7.69. The average Bonchev–Trinajstić information content (AvgIpc) is 3.13. The van der Waals surface area contributed by atoms with Gasteiger partial charge in [0.05, 0.1) is 13.2 Å². The van der Waals surface area contributed by atoms with Crippen LogP contribution in [-0.2, 0) is 15.9 Å². The summed E-state index contributed by atoms with van der Waals surface area (Å²) in [6.45, 7) is 4.37. The van der Waals surface area contributed by atoms with E-state index in [4.69, 9.17) is 9.47 Å². The number of aliphatic hydroxyl groups is 1. The number of aliphatic hydroxyl groups excluding tert-OH is 1. The van der Waals surface area contributed by atoms with Gasteiger partial charge in [0.2, 0.25) is 0 Å². The zero-order valence-corrected chi connectivity index (χ0v) is 31.3. The first-order valence-electron chi connectivity index (χ1n) is 20.8. The van der Waals surface area contributed by atoms with Crippen LogP contribution in [0.25, 0.3) is 32.3 Å². The van der Waals surface area contributed by atoms with Crippen LogP contribution in [0.15, 0.2) is 54.6 Å². The molecule has 0 saturated carbocycles. The van der Waals surface area contributed by atoms with Crippen LogP contribution in [0.3, 0.4) is 0 Å². The van der Waals surface area contributed by atoms with Gasteiger partial charge in [0.1, 0.15) is 6.10 Å². The van der Waals surface area contributed by atoms with Gasteiger partial charge in [-0.25, -0.2) is 0 Å². The van der Waals surface area contributed by atoms with Crippen molar-refractivity contribution in [1.82, 2.24) is 0 Å². The third-order valence-corrected chi connectivity index (χ3v) is 10.7. The van der Waals surface area contributed by atoms with E-state index >= 15 is 0 Å². The fraction of sp³-hybridized carbons (Fsp3) is 0.652. The molecule has 4 rings (SSSR count). The zero-order chi connectivity index (χ0) is 34.2. The van der Waals surface area contributed by atoms with E-state index in [0.29, 0.717) is 6.61 Å². The van der Waals surface area contributed by atoms with Gasteiger partial charge >= 0.3 is 0 Å². The minimum atomic E-state index is -0.180. The fourth-order valence-corrected chi connectivity index (χ4v) is 7.69. The van der Waals surface area contributed by atoms with Crippen LogP contribution in [0.1, 0.15) is 160 Å². The number of hydrogen-bond donors (Lipinski definition) is 1. The van der Waals surface area contributed by atoms with Gasteiger partial charge < -0.3 is 14.6 Å². The first-order chi connectivity index (χ1) is 24.3. The summed E-state index contributed by atoms with van der Waals surface area (Å²) >= 11 is 0. The van der Waals surface area contributed by atoms with E-state index in [1.54, 1.807) is 0 Å². The number of hydrogen-bond acceptors (Lipinski definition) is 3. The zero-order valence-electron chi connectivity index (χ0n) is 31.3. The Morgan fingerprint density at radius 1 is 0.490 bits per heavy atom.